The fraction of sp³-hybridized carbons (Fsp3) is 0.250. The highest BCUT2D eigenvalue weighted by atomic mass is 35.5. The number of halogens is 1. The molecule has 0 radical (unpaired) electrons. The molecule has 0 saturated carbocycles. The van der Waals surface area contributed by atoms with E-state index in [1.165, 1.54) is 0 Å². The number of para-hydroxylation sites is 1. The number of hydrogen-bond donors (Lipinski definition) is 1. The van der Waals surface area contributed by atoms with E-state index < -0.39 is 0 Å². The normalized spacial score (nSPS) is 11.5. The Morgan fingerprint density at radius 3 is 2.79 bits per heavy atom. The largest absolute Gasteiger partial charge is 0.250 e. The van der Waals surface area contributed by atoms with Crippen molar-refractivity contribution in [3.63, 3.8) is 0 Å². The van der Waals surface area contributed by atoms with Crippen molar-refractivity contribution >= 4 is 30.0 Å². The molecule has 3 rings (SSSR count). The van der Waals surface area contributed by atoms with E-state index in [9.17, 15) is 0 Å². The van der Waals surface area contributed by atoms with Crippen molar-refractivity contribution in [3.8, 4) is 5.69 Å². The van der Waals surface area contributed by atoms with Crippen LogP contribution in [0.15, 0.2) is 35.4 Å². The van der Waals surface area contributed by atoms with Crippen LogP contribution in [-0.4, -0.2) is 30.9 Å². The maximum absolute atomic E-state index is 6.50. The second kappa shape index (κ2) is 7.11. The standard InChI is InChI=1S/C16H17ClN6S/c1-3-7-14-19-20-16(24)23(14)18-10-13-11(2)21-22(15(13)17)12-8-5-4-6-9-12/h4-6,8-10H,3,7H2,1-2H3,(H,20,24)/b18-10+. The molecule has 3 aromatic rings. The molecule has 0 saturated heterocycles. The van der Waals surface area contributed by atoms with E-state index in [2.05, 4.69) is 27.3 Å². The third kappa shape index (κ3) is 3.18. The van der Waals surface area contributed by atoms with Crippen molar-refractivity contribution in [1.82, 2.24) is 24.7 Å². The van der Waals surface area contributed by atoms with E-state index in [1.807, 2.05) is 37.3 Å². The van der Waals surface area contributed by atoms with Crippen LogP contribution in [0.5, 0.6) is 0 Å². The van der Waals surface area contributed by atoms with Gasteiger partial charge in [-0.15, -0.1) is 0 Å². The predicted molar refractivity (Wildman–Crippen MR) is 97.7 cm³/mol. The van der Waals surface area contributed by atoms with E-state index in [1.54, 1.807) is 15.6 Å². The first-order valence-electron chi connectivity index (χ1n) is 7.63. The fourth-order valence-electron chi connectivity index (χ4n) is 2.34. The molecule has 24 heavy (non-hydrogen) atoms. The van der Waals surface area contributed by atoms with Crippen LogP contribution in [0.4, 0.5) is 0 Å². The van der Waals surface area contributed by atoms with Crippen LogP contribution in [0, 0.1) is 11.7 Å². The van der Waals surface area contributed by atoms with Crippen LogP contribution in [-0.2, 0) is 6.42 Å². The summed E-state index contributed by atoms with van der Waals surface area (Å²) in [6.45, 7) is 3.98. The average molecular weight is 361 g/mol. The Balaban J connectivity index is 1.99. The van der Waals surface area contributed by atoms with Gasteiger partial charge in [0.15, 0.2) is 5.82 Å². The summed E-state index contributed by atoms with van der Waals surface area (Å²) >= 11 is 11.7. The van der Waals surface area contributed by atoms with E-state index in [0.717, 1.165) is 35.6 Å². The molecule has 1 aromatic carbocycles. The zero-order chi connectivity index (χ0) is 17.1. The molecule has 1 N–H and O–H groups in total. The van der Waals surface area contributed by atoms with E-state index >= 15 is 0 Å². The SMILES string of the molecule is CCCc1n[nH]c(=S)n1/N=C/c1c(C)nn(-c2ccccc2)c1Cl. The molecule has 0 amide bonds. The van der Waals surface area contributed by atoms with Gasteiger partial charge in [-0.1, -0.05) is 36.7 Å². The average Bonchev–Trinajstić information content (AvgIpc) is 3.07. The van der Waals surface area contributed by atoms with Crippen LogP contribution in [0.25, 0.3) is 5.69 Å². The molecule has 8 heteroatoms. The van der Waals surface area contributed by atoms with Gasteiger partial charge in [0.2, 0.25) is 4.77 Å². The first-order chi connectivity index (χ1) is 11.6. The summed E-state index contributed by atoms with van der Waals surface area (Å²) in [5.41, 5.74) is 2.45. The first-order valence-corrected chi connectivity index (χ1v) is 8.41. The van der Waals surface area contributed by atoms with Crippen molar-refractivity contribution < 1.29 is 0 Å². The van der Waals surface area contributed by atoms with Crippen molar-refractivity contribution in [2.75, 3.05) is 0 Å². The van der Waals surface area contributed by atoms with Crippen molar-refractivity contribution in [3.05, 3.63) is 57.3 Å². The molecule has 6 nitrogen and oxygen atoms in total. The zero-order valence-electron chi connectivity index (χ0n) is 13.4. The molecule has 0 spiro atoms. The minimum absolute atomic E-state index is 0.457. The van der Waals surface area contributed by atoms with Crippen LogP contribution in [0.3, 0.4) is 0 Å². The lowest BCUT2D eigenvalue weighted by atomic mass is 10.3. The highest BCUT2D eigenvalue weighted by Gasteiger charge is 2.13. The Hall–Kier alpha value is -2.25. The Morgan fingerprint density at radius 1 is 1.33 bits per heavy atom. The quantitative estimate of drug-likeness (QED) is 0.554. The van der Waals surface area contributed by atoms with Gasteiger partial charge in [-0.25, -0.2) is 4.68 Å². The van der Waals surface area contributed by atoms with Gasteiger partial charge in [0.05, 0.1) is 23.2 Å². The second-order valence-electron chi connectivity index (χ2n) is 5.29. The lowest BCUT2D eigenvalue weighted by Gasteiger charge is -2.02. The van der Waals surface area contributed by atoms with E-state index in [0.29, 0.717) is 9.92 Å². The van der Waals surface area contributed by atoms with Gasteiger partial charge in [-0.2, -0.15) is 20.0 Å². The van der Waals surface area contributed by atoms with Gasteiger partial charge in [0.1, 0.15) is 5.15 Å². The van der Waals surface area contributed by atoms with Crippen LogP contribution in [0.1, 0.15) is 30.4 Å². The Morgan fingerprint density at radius 2 is 2.08 bits per heavy atom. The molecule has 0 fully saturated rings. The summed E-state index contributed by atoms with van der Waals surface area (Å²) < 4.78 is 3.77. The monoisotopic (exact) mass is 360 g/mol. The molecule has 0 bridgehead atoms. The highest BCUT2D eigenvalue weighted by molar-refractivity contribution is 7.71. The summed E-state index contributed by atoms with van der Waals surface area (Å²) in [7, 11) is 0. The summed E-state index contributed by atoms with van der Waals surface area (Å²) in [6.07, 6.45) is 3.43. The number of hydrogen-bond acceptors (Lipinski definition) is 4. The highest BCUT2D eigenvalue weighted by Crippen LogP contribution is 2.22. The van der Waals surface area contributed by atoms with Crippen molar-refractivity contribution in [1.29, 1.82) is 0 Å². The number of nitrogens with zero attached hydrogens (tertiary/aromatic N) is 5. The summed E-state index contributed by atoms with van der Waals surface area (Å²) in [5.74, 6) is 0.794. The lowest BCUT2D eigenvalue weighted by molar-refractivity contribution is 0.740. The fourth-order valence-corrected chi connectivity index (χ4v) is 2.86. The summed E-state index contributed by atoms with van der Waals surface area (Å²) in [4.78, 5) is 0. The molecular weight excluding hydrogens is 344 g/mol. The third-order valence-electron chi connectivity index (χ3n) is 3.54. The third-order valence-corrected chi connectivity index (χ3v) is 4.17. The molecule has 0 aliphatic heterocycles. The second-order valence-corrected chi connectivity index (χ2v) is 6.03. The van der Waals surface area contributed by atoms with Crippen molar-refractivity contribution in [2.24, 2.45) is 5.10 Å². The molecule has 0 atom stereocenters. The van der Waals surface area contributed by atoms with Gasteiger partial charge in [-0.3, -0.25) is 5.10 Å². The van der Waals surface area contributed by atoms with Crippen LogP contribution < -0.4 is 0 Å². The minimum atomic E-state index is 0.457. The Labute approximate surface area is 149 Å². The van der Waals surface area contributed by atoms with Crippen molar-refractivity contribution in [2.45, 2.75) is 26.7 Å². The zero-order valence-corrected chi connectivity index (χ0v) is 15.0. The van der Waals surface area contributed by atoms with Gasteiger partial charge < -0.3 is 0 Å². The number of aromatic nitrogens is 5. The topological polar surface area (TPSA) is 63.8 Å². The molecule has 0 aliphatic rings. The van der Waals surface area contributed by atoms with Crippen LogP contribution in [0.2, 0.25) is 5.15 Å². The maximum Gasteiger partial charge on any atom is 0.216 e. The molecular formula is C16H17ClN6S. The van der Waals surface area contributed by atoms with E-state index in [4.69, 9.17) is 23.8 Å². The molecule has 0 aliphatic carbocycles. The number of aromatic amines is 1. The first kappa shape index (κ1) is 16.6. The number of benzene rings is 1. The van der Waals surface area contributed by atoms with Crippen LogP contribution >= 0.6 is 23.8 Å². The minimum Gasteiger partial charge on any atom is -0.250 e. The molecule has 2 aromatic heterocycles. The Bertz CT molecular complexity index is 922. The molecule has 0 unspecified atom stereocenters. The van der Waals surface area contributed by atoms with Gasteiger partial charge in [-0.05, 0) is 37.7 Å². The van der Waals surface area contributed by atoms with Gasteiger partial charge >= 0.3 is 0 Å². The Kier molecular flexibility index (Phi) is 4.92. The van der Waals surface area contributed by atoms with Gasteiger partial charge in [0.25, 0.3) is 0 Å². The summed E-state index contributed by atoms with van der Waals surface area (Å²) in [5, 5.41) is 16.4. The maximum atomic E-state index is 6.50. The lowest BCUT2D eigenvalue weighted by Crippen LogP contribution is -1.99. The smallest absolute Gasteiger partial charge is 0.216 e. The molecule has 124 valence electrons. The number of aryl methyl sites for hydroxylation is 2. The summed E-state index contributed by atoms with van der Waals surface area (Å²) in [6, 6.07) is 9.73. The number of rotatable bonds is 5. The number of nitrogens with one attached hydrogen (secondary N) is 1. The molecule has 2 heterocycles. The number of H-pyrrole nitrogens is 1. The van der Waals surface area contributed by atoms with Gasteiger partial charge in [0, 0.05) is 6.42 Å². The predicted octanol–water partition coefficient (Wildman–Crippen LogP) is 3.92. The van der Waals surface area contributed by atoms with E-state index in [-0.39, 0.29) is 0 Å².